The van der Waals surface area contributed by atoms with Gasteiger partial charge in [0.25, 0.3) is 10.0 Å². The van der Waals surface area contributed by atoms with E-state index in [2.05, 4.69) is 5.32 Å². The Morgan fingerprint density at radius 1 is 1.25 bits per heavy atom. The Morgan fingerprint density at radius 3 is 2.50 bits per heavy atom. The van der Waals surface area contributed by atoms with Crippen LogP contribution in [0.5, 0.6) is 0 Å². The van der Waals surface area contributed by atoms with Crippen LogP contribution in [0, 0.1) is 6.92 Å². The lowest BCUT2D eigenvalue weighted by Crippen LogP contribution is -2.52. The van der Waals surface area contributed by atoms with E-state index in [-0.39, 0.29) is 17.2 Å². The fraction of sp³-hybridized carbons (Fsp3) is 0.375. The summed E-state index contributed by atoms with van der Waals surface area (Å²) in [5.74, 6) is -0.706. The highest BCUT2D eigenvalue weighted by Crippen LogP contribution is 2.23. The van der Waals surface area contributed by atoms with Crippen molar-refractivity contribution in [2.75, 3.05) is 13.1 Å². The van der Waals surface area contributed by atoms with Gasteiger partial charge in [0, 0.05) is 25.5 Å². The number of nitrogens with one attached hydrogen (secondary N) is 1. The van der Waals surface area contributed by atoms with E-state index in [1.54, 1.807) is 17.0 Å². The molecule has 2 aliphatic heterocycles. The van der Waals surface area contributed by atoms with Gasteiger partial charge in [0.05, 0.1) is 11.3 Å². The summed E-state index contributed by atoms with van der Waals surface area (Å²) in [6.07, 6.45) is 3.35. The second kappa shape index (κ2) is 6.27. The molecular formula is C16H19N3O4S. The first-order valence-electron chi connectivity index (χ1n) is 7.74. The highest BCUT2D eigenvalue weighted by Gasteiger charge is 2.38. The molecule has 1 atom stereocenters. The number of carbonyl (C=O) groups excluding carboxylic acids is 2. The first kappa shape index (κ1) is 16.5. The Morgan fingerprint density at radius 2 is 1.92 bits per heavy atom. The third-order valence-corrected chi connectivity index (χ3v) is 6.03. The Balaban J connectivity index is 1.88. The Kier molecular flexibility index (Phi) is 4.31. The van der Waals surface area contributed by atoms with E-state index in [9.17, 15) is 18.0 Å². The molecule has 24 heavy (non-hydrogen) atoms. The Bertz CT molecular complexity index is 782. The van der Waals surface area contributed by atoms with Crippen LogP contribution in [-0.2, 0) is 19.6 Å². The van der Waals surface area contributed by atoms with Gasteiger partial charge in [0.2, 0.25) is 11.8 Å². The van der Waals surface area contributed by atoms with Gasteiger partial charge in [-0.05, 0) is 25.5 Å². The molecule has 0 radical (unpaired) electrons. The number of carbonyl (C=O) groups is 2. The number of benzene rings is 1. The Hall–Kier alpha value is -2.35. The zero-order valence-corrected chi connectivity index (χ0v) is 14.1. The average Bonchev–Trinajstić information content (AvgIpc) is 2.47. The van der Waals surface area contributed by atoms with Gasteiger partial charge in [-0.3, -0.25) is 13.9 Å². The zero-order chi connectivity index (χ0) is 17.3. The van der Waals surface area contributed by atoms with E-state index in [0.717, 1.165) is 16.3 Å². The third kappa shape index (κ3) is 3.01. The summed E-state index contributed by atoms with van der Waals surface area (Å²) in [7, 11) is -3.91. The zero-order valence-electron chi connectivity index (χ0n) is 13.3. The first-order valence-corrected chi connectivity index (χ1v) is 9.18. The van der Waals surface area contributed by atoms with Gasteiger partial charge in [-0.25, -0.2) is 8.42 Å². The molecule has 1 aromatic rings. The first-order chi connectivity index (χ1) is 11.4. The minimum Gasteiger partial charge on any atom is -0.342 e. The number of aryl methyl sites for hydroxylation is 1. The van der Waals surface area contributed by atoms with Crippen molar-refractivity contribution in [2.24, 2.45) is 0 Å². The van der Waals surface area contributed by atoms with Crippen molar-refractivity contribution in [1.82, 2.24) is 14.5 Å². The van der Waals surface area contributed by atoms with Gasteiger partial charge in [0.1, 0.15) is 6.04 Å². The molecule has 1 aromatic carbocycles. The highest BCUT2D eigenvalue weighted by atomic mass is 32.2. The largest absolute Gasteiger partial charge is 0.342 e. The van der Waals surface area contributed by atoms with E-state index in [4.69, 9.17) is 0 Å². The van der Waals surface area contributed by atoms with Gasteiger partial charge < -0.3 is 10.2 Å². The Labute approximate surface area is 141 Å². The lowest BCUT2D eigenvalue weighted by Gasteiger charge is -2.35. The monoisotopic (exact) mass is 349 g/mol. The summed E-state index contributed by atoms with van der Waals surface area (Å²) < 4.78 is 26.7. The normalized spacial score (nSPS) is 20.5. The number of amides is 2. The third-order valence-electron chi connectivity index (χ3n) is 4.23. The molecule has 0 unspecified atom stereocenters. The van der Waals surface area contributed by atoms with Crippen LogP contribution in [0.3, 0.4) is 0 Å². The molecule has 3 rings (SSSR count). The van der Waals surface area contributed by atoms with E-state index in [0.29, 0.717) is 13.1 Å². The predicted octanol–water partition coefficient (Wildman–Crippen LogP) is 0.578. The molecule has 0 aliphatic carbocycles. The average molecular weight is 349 g/mol. The lowest BCUT2D eigenvalue weighted by molar-refractivity contribution is -0.138. The van der Waals surface area contributed by atoms with Crippen molar-refractivity contribution in [2.45, 2.75) is 30.7 Å². The molecule has 8 heteroatoms. The minimum absolute atomic E-state index is 0.0915. The van der Waals surface area contributed by atoms with Gasteiger partial charge in [-0.15, -0.1) is 0 Å². The number of hydrogen-bond donors (Lipinski definition) is 1. The van der Waals surface area contributed by atoms with Crippen molar-refractivity contribution in [3.63, 3.8) is 0 Å². The van der Waals surface area contributed by atoms with Crippen LogP contribution < -0.4 is 5.32 Å². The highest BCUT2D eigenvalue weighted by molar-refractivity contribution is 7.89. The molecule has 2 amide bonds. The maximum atomic E-state index is 12.9. The number of hydrogen-bond acceptors (Lipinski definition) is 4. The maximum Gasteiger partial charge on any atom is 0.264 e. The summed E-state index contributed by atoms with van der Waals surface area (Å²) >= 11 is 0. The number of sulfonamides is 1. The van der Waals surface area contributed by atoms with Crippen LogP contribution in [0.15, 0.2) is 41.6 Å². The molecule has 1 saturated heterocycles. The molecule has 128 valence electrons. The van der Waals surface area contributed by atoms with E-state index in [1.165, 1.54) is 24.5 Å². The molecule has 0 saturated carbocycles. The molecule has 0 aromatic heterocycles. The molecule has 0 bridgehead atoms. The fourth-order valence-corrected chi connectivity index (χ4v) is 4.08. The molecule has 0 spiro atoms. The van der Waals surface area contributed by atoms with Crippen LogP contribution in [0.1, 0.15) is 18.4 Å². The maximum absolute atomic E-state index is 12.9. The van der Waals surface area contributed by atoms with Crippen molar-refractivity contribution >= 4 is 21.8 Å². The summed E-state index contributed by atoms with van der Waals surface area (Å²) in [6.45, 7) is 3.18. The minimum atomic E-state index is -3.91. The van der Waals surface area contributed by atoms with E-state index in [1.807, 2.05) is 6.92 Å². The second-order valence-corrected chi connectivity index (χ2v) is 7.77. The van der Waals surface area contributed by atoms with Gasteiger partial charge in [-0.2, -0.15) is 0 Å². The lowest BCUT2D eigenvalue weighted by atomic mass is 10.1. The van der Waals surface area contributed by atoms with Crippen molar-refractivity contribution < 1.29 is 18.0 Å². The predicted molar refractivity (Wildman–Crippen MR) is 87.1 cm³/mol. The standard InChI is InChI=1S/C16H19N3O4S/c1-12-3-5-13(6-4-12)24(22,23)19-10-7-17-16(21)14(19)11-15(20)18-8-2-9-18/h3-7,10,14H,2,8-9,11H2,1H3,(H,17,21)/t14-/m1/s1. The summed E-state index contributed by atoms with van der Waals surface area (Å²) in [6, 6.07) is 5.31. The van der Waals surface area contributed by atoms with E-state index < -0.39 is 22.0 Å². The molecule has 1 N–H and O–H groups in total. The van der Waals surface area contributed by atoms with Gasteiger partial charge >= 0.3 is 0 Å². The molecule has 2 heterocycles. The summed E-state index contributed by atoms with van der Waals surface area (Å²) in [5, 5.41) is 2.48. The summed E-state index contributed by atoms with van der Waals surface area (Å²) in [5.41, 5.74) is 0.936. The summed E-state index contributed by atoms with van der Waals surface area (Å²) in [4.78, 5) is 26.1. The second-order valence-electron chi connectivity index (χ2n) is 5.93. The topological polar surface area (TPSA) is 86.8 Å². The SMILES string of the molecule is Cc1ccc(S(=O)(=O)N2C=CNC(=O)[C@H]2CC(=O)N2CCC2)cc1. The fourth-order valence-electron chi connectivity index (χ4n) is 2.63. The van der Waals surface area contributed by atoms with Crippen molar-refractivity contribution in [3.05, 3.63) is 42.2 Å². The van der Waals surface area contributed by atoms with Crippen molar-refractivity contribution in [3.8, 4) is 0 Å². The smallest absolute Gasteiger partial charge is 0.264 e. The molecule has 7 nitrogen and oxygen atoms in total. The van der Waals surface area contributed by atoms with Gasteiger partial charge in [-0.1, -0.05) is 17.7 Å². The molecule has 1 fully saturated rings. The number of likely N-dealkylation sites (tertiary alicyclic amines) is 1. The number of rotatable bonds is 4. The quantitative estimate of drug-likeness (QED) is 0.861. The van der Waals surface area contributed by atoms with Gasteiger partial charge in [0.15, 0.2) is 0 Å². The van der Waals surface area contributed by atoms with Crippen LogP contribution >= 0.6 is 0 Å². The van der Waals surface area contributed by atoms with Crippen LogP contribution in [0.2, 0.25) is 0 Å². The van der Waals surface area contributed by atoms with Crippen molar-refractivity contribution in [1.29, 1.82) is 0 Å². The van der Waals surface area contributed by atoms with E-state index >= 15 is 0 Å². The molecule has 2 aliphatic rings. The number of nitrogens with zero attached hydrogens (tertiary/aromatic N) is 2. The van der Waals surface area contributed by atoms with Crippen LogP contribution in [0.25, 0.3) is 0 Å². The van der Waals surface area contributed by atoms with Crippen LogP contribution in [0.4, 0.5) is 0 Å². The molecular weight excluding hydrogens is 330 g/mol. The van der Waals surface area contributed by atoms with Crippen LogP contribution in [-0.4, -0.2) is 48.6 Å².